The maximum Gasteiger partial charge on any atom is 0.268 e. The largest absolute Gasteiger partial charge is 0.370 e. The first-order chi connectivity index (χ1) is 15.1. The molecule has 1 aromatic rings. The summed E-state index contributed by atoms with van der Waals surface area (Å²) in [4.78, 5) is 25.5. The highest BCUT2D eigenvalue weighted by Crippen LogP contribution is 2.25. The molecule has 7 nitrogen and oxygen atoms in total. The molecule has 10 heteroatoms. The third-order valence-corrected chi connectivity index (χ3v) is 6.31. The van der Waals surface area contributed by atoms with E-state index in [4.69, 9.17) is 4.74 Å². The third-order valence-electron chi connectivity index (χ3n) is 5.32. The highest BCUT2D eigenvalue weighted by atomic mass is 32.2. The molecule has 0 aromatic carbocycles. The number of aldehydes is 2. The number of aromatic nitrogens is 2. The molecule has 1 unspecified atom stereocenters. The molecule has 2 N–H and O–H groups in total. The average molecular weight is 475 g/mol. The van der Waals surface area contributed by atoms with Crippen molar-refractivity contribution < 1.29 is 23.1 Å². The van der Waals surface area contributed by atoms with Gasteiger partial charge in [0.05, 0.1) is 6.10 Å². The van der Waals surface area contributed by atoms with Gasteiger partial charge in [-0.1, -0.05) is 6.92 Å². The van der Waals surface area contributed by atoms with Gasteiger partial charge in [0.15, 0.2) is 12.1 Å². The van der Waals surface area contributed by atoms with Gasteiger partial charge in [-0.2, -0.15) is 11.8 Å². The van der Waals surface area contributed by atoms with Crippen molar-refractivity contribution in [2.45, 2.75) is 57.6 Å². The second kappa shape index (κ2) is 13.7. The maximum atomic E-state index is 12.9. The Morgan fingerprint density at radius 2 is 2.00 bits per heavy atom. The van der Waals surface area contributed by atoms with Crippen molar-refractivity contribution >= 4 is 36.2 Å². The van der Waals surface area contributed by atoms with Crippen molar-refractivity contribution in [3.8, 4) is 0 Å². The van der Waals surface area contributed by atoms with Crippen LogP contribution in [-0.2, 0) is 16.6 Å². The van der Waals surface area contributed by atoms with Crippen molar-refractivity contribution in [2.24, 2.45) is 7.05 Å². The number of thioether (sulfide) groups is 1. The molecule has 1 aromatic heterocycles. The zero-order valence-corrected chi connectivity index (χ0v) is 20.4. The first-order valence-electron chi connectivity index (χ1n) is 10.7. The lowest BCUT2D eigenvalue weighted by atomic mass is 9.95. The van der Waals surface area contributed by atoms with E-state index in [0.717, 1.165) is 6.92 Å². The van der Waals surface area contributed by atoms with Crippen molar-refractivity contribution in [2.75, 3.05) is 37.0 Å². The highest BCUT2D eigenvalue weighted by Gasteiger charge is 2.24. The number of carbonyl (C=O) groups excluding carboxylic acids is 2. The number of carbonyl (C=O) groups is 2. The summed E-state index contributed by atoms with van der Waals surface area (Å²) in [6.07, 6.45) is 6.69. The number of nitrogens with zero attached hydrogens (tertiary/aromatic N) is 2. The molecule has 1 aliphatic heterocycles. The Labute approximate surface area is 193 Å². The summed E-state index contributed by atoms with van der Waals surface area (Å²) in [5.74, 6) is 0.472. The first kappa shape index (κ1) is 28.3. The number of hydrogen-bond acceptors (Lipinski definition) is 7. The van der Waals surface area contributed by atoms with Crippen LogP contribution in [0, 0.1) is 0 Å². The molecular formula is C22H36F2N4O3S. The summed E-state index contributed by atoms with van der Waals surface area (Å²) in [5, 5.41) is 6.40. The van der Waals surface area contributed by atoms with Crippen LogP contribution in [0.5, 0.6) is 0 Å². The van der Waals surface area contributed by atoms with Gasteiger partial charge < -0.3 is 19.9 Å². The average Bonchev–Trinajstić information content (AvgIpc) is 3.07. The molecule has 182 valence electrons. The van der Waals surface area contributed by atoms with Crippen molar-refractivity contribution in [3.63, 3.8) is 0 Å². The number of halogens is 2. The standard InChI is InChI=1S/C15H21F2N3O3.C7H15NS/c1-4-11(23-10-15(2,16)17)8-18-14-12(6-5-7-21)19-13(9-22)20(14)3;1-7(8-2)3-5-9-6-4-7/h5-7,9,11,18H,4,8,10H2,1-3H3;8H,3-6H2,1-2H3/b6-5-;. The number of rotatable bonds is 11. The van der Waals surface area contributed by atoms with E-state index in [1.54, 1.807) is 7.05 Å². The van der Waals surface area contributed by atoms with Gasteiger partial charge in [0.25, 0.3) is 5.92 Å². The van der Waals surface area contributed by atoms with E-state index in [-0.39, 0.29) is 12.4 Å². The van der Waals surface area contributed by atoms with Crippen LogP contribution in [0.25, 0.3) is 6.08 Å². The summed E-state index contributed by atoms with van der Waals surface area (Å²) in [7, 11) is 3.70. The van der Waals surface area contributed by atoms with Gasteiger partial charge in [0.1, 0.15) is 24.4 Å². The predicted molar refractivity (Wildman–Crippen MR) is 127 cm³/mol. The SMILES string of the molecule is CCC(CNc1c(/C=C\C=O)nc(C=O)n1C)OCC(C)(F)F.CNC1(C)CCSCC1. The Morgan fingerprint density at radius 1 is 1.34 bits per heavy atom. The van der Waals surface area contributed by atoms with Crippen LogP contribution >= 0.6 is 11.8 Å². The summed E-state index contributed by atoms with van der Waals surface area (Å²) in [6, 6.07) is 0. The fourth-order valence-electron chi connectivity index (χ4n) is 2.97. The molecule has 1 atom stereocenters. The molecule has 1 fully saturated rings. The fourth-order valence-corrected chi connectivity index (χ4v) is 4.36. The van der Waals surface area contributed by atoms with Crippen LogP contribution in [0.4, 0.5) is 14.6 Å². The van der Waals surface area contributed by atoms with Gasteiger partial charge in [0.2, 0.25) is 0 Å². The lowest BCUT2D eigenvalue weighted by Crippen LogP contribution is -2.42. The van der Waals surface area contributed by atoms with Gasteiger partial charge in [0, 0.05) is 26.1 Å². The van der Waals surface area contributed by atoms with Crippen LogP contribution in [0.1, 0.15) is 56.3 Å². The van der Waals surface area contributed by atoms with Gasteiger partial charge in [-0.15, -0.1) is 0 Å². The molecule has 2 heterocycles. The van der Waals surface area contributed by atoms with Crippen LogP contribution < -0.4 is 10.6 Å². The van der Waals surface area contributed by atoms with Crippen LogP contribution in [0.3, 0.4) is 0 Å². The third kappa shape index (κ3) is 9.79. The van der Waals surface area contributed by atoms with Gasteiger partial charge in [-0.3, -0.25) is 9.59 Å². The lowest BCUT2D eigenvalue weighted by molar-refractivity contribution is -0.104. The predicted octanol–water partition coefficient (Wildman–Crippen LogP) is 3.80. The summed E-state index contributed by atoms with van der Waals surface area (Å²) in [5.41, 5.74) is 0.864. The smallest absolute Gasteiger partial charge is 0.268 e. The number of nitrogens with one attached hydrogen (secondary N) is 2. The molecule has 2 rings (SSSR count). The van der Waals surface area contributed by atoms with E-state index < -0.39 is 18.6 Å². The van der Waals surface area contributed by atoms with E-state index in [9.17, 15) is 18.4 Å². The highest BCUT2D eigenvalue weighted by molar-refractivity contribution is 7.99. The van der Waals surface area contributed by atoms with E-state index >= 15 is 0 Å². The molecular weight excluding hydrogens is 438 g/mol. The fraction of sp³-hybridized carbons (Fsp3) is 0.682. The topological polar surface area (TPSA) is 85.2 Å². The number of alkyl halides is 2. The quantitative estimate of drug-likeness (QED) is 0.373. The molecule has 1 saturated heterocycles. The van der Waals surface area contributed by atoms with E-state index in [0.29, 0.717) is 36.0 Å². The molecule has 1 aliphatic rings. The lowest BCUT2D eigenvalue weighted by Gasteiger charge is -2.32. The Bertz CT molecular complexity index is 744. The minimum absolute atomic E-state index is 0.187. The normalized spacial score (nSPS) is 16.8. The zero-order valence-electron chi connectivity index (χ0n) is 19.6. The van der Waals surface area contributed by atoms with Crippen LogP contribution in [-0.4, -0.2) is 71.4 Å². The van der Waals surface area contributed by atoms with Crippen molar-refractivity contribution in [1.29, 1.82) is 0 Å². The number of ether oxygens (including phenoxy) is 1. The van der Waals surface area contributed by atoms with Gasteiger partial charge >= 0.3 is 0 Å². The molecule has 0 spiro atoms. The molecule has 32 heavy (non-hydrogen) atoms. The number of allylic oxidation sites excluding steroid dienone is 1. The molecule has 0 saturated carbocycles. The monoisotopic (exact) mass is 474 g/mol. The summed E-state index contributed by atoms with van der Waals surface area (Å²) < 4.78 is 32.4. The first-order valence-corrected chi connectivity index (χ1v) is 11.9. The molecule has 0 aliphatic carbocycles. The van der Waals surface area contributed by atoms with Crippen LogP contribution in [0.2, 0.25) is 0 Å². The Kier molecular flexibility index (Phi) is 12.1. The Balaban J connectivity index is 0.000000471. The Hall–Kier alpha value is -1.78. The van der Waals surface area contributed by atoms with E-state index in [1.807, 2.05) is 6.92 Å². The molecule has 0 bridgehead atoms. The minimum atomic E-state index is -2.89. The minimum Gasteiger partial charge on any atom is -0.370 e. The maximum absolute atomic E-state index is 12.9. The number of anilines is 1. The summed E-state index contributed by atoms with van der Waals surface area (Å²) >= 11 is 2.07. The zero-order chi connectivity index (χ0) is 24.2. The summed E-state index contributed by atoms with van der Waals surface area (Å²) in [6.45, 7) is 4.55. The molecule has 0 amide bonds. The second-order valence-corrected chi connectivity index (χ2v) is 9.32. The number of hydrogen-bond donors (Lipinski definition) is 2. The number of imidazole rings is 1. The van der Waals surface area contributed by atoms with Gasteiger partial charge in [-0.25, -0.2) is 13.8 Å². The van der Waals surface area contributed by atoms with Gasteiger partial charge in [-0.05, 0) is 56.9 Å². The van der Waals surface area contributed by atoms with E-state index in [1.165, 1.54) is 41.1 Å². The Morgan fingerprint density at radius 3 is 2.47 bits per heavy atom. The molecule has 0 radical (unpaired) electrons. The second-order valence-electron chi connectivity index (χ2n) is 8.09. The van der Waals surface area contributed by atoms with Crippen molar-refractivity contribution in [3.05, 3.63) is 17.6 Å². The van der Waals surface area contributed by atoms with Crippen molar-refractivity contribution in [1.82, 2.24) is 14.9 Å². The van der Waals surface area contributed by atoms with E-state index in [2.05, 4.69) is 41.4 Å². The van der Waals surface area contributed by atoms with Crippen LogP contribution in [0.15, 0.2) is 6.08 Å².